The van der Waals surface area contributed by atoms with Crippen LogP contribution in [-0.4, -0.2) is 12.1 Å². The van der Waals surface area contributed by atoms with Crippen molar-refractivity contribution in [1.82, 2.24) is 0 Å². The first-order valence-electron chi connectivity index (χ1n) is 8.71. The van der Waals surface area contributed by atoms with Gasteiger partial charge in [0.2, 0.25) is 0 Å². The topological polar surface area (TPSA) is 72.3 Å². The van der Waals surface area contributed by atoms with Gasteiger partial charge in [0.1, 0.15) is 0 Å². The van der Waals surface area contributed by atoms with E-state index in [1.807, 2.05) is 27.7 Å². The van der Waals surface area contributed by atoms with Gasteiger partial charge < -0.3 is 0 Å². The summed E-state index contributed by atoms with van der Waals surface area (Å²) in [5, 5.41) is 28.3. The highest BCUT2D eigenvalue weighted by molar-refractivity contribution is 5.06. The molecule has 0 bridgehead atoms. The zero-order valence-corrected chi connectivity index (χ0v) is 15.2. The zero-order valence-electron chi connectivity index (χ0n) is 15.2. The van der Waals surface area contributed by atoms with Crippen molar-refractivity contribution in [1.29, 1.82) is 10.5 Å². The molecule has 0 rings (SSSR count). The fourth-order valence-electron chi connectivity index (χ4n) is 3.23. The molecule has 0 aromatic heterocycles. The smallest absolute Gasteiger partial charge is 0.0891 e. The first kappa shape index (κ1) is 20.6. The van der Waals surface area contributed by atoms with Crippen molar-refractivity contribution >= 4 is 0 Å². The average molecular weight is 304 g/mol. The highest BCUT2D eigenvalue weighted by Gasteiger charge is 2.38. The third kappa shape index (κ3) is 4.07. The van der Waals surface area contributed by atoms with Crippen LogP contribution in [0.1, 0.15) is 80.1 Å². The van der Waals surface area contributed by atoms with Gasteiger partial charge >= 0.3 is 0 Å². The molecule has 0 saturated heterocycles. The Morgan fingerprint density at radius 2 is 0.955 bits per heavy atom. The minimum Gasteiger partial charge on any atom is -0.198 e. The molecule has 0 heterocycles. The SMILES string of the molecule is CCC(N=NC(CC)C(C#N)(CC)CC)C(C#N)(CC)CC. The van der Waals surface area contributed by atoms with Crippen LogP contribution in [-0.2, 0) is 0 Å². The molecular weight excluding hydrogens is 272 g/mol. The number of rotatable bonds is 10. The lowest BCUT2D eigenvalue weighted by molar-refractivity contribution is 0.246. The van der Waals surface area contributed by atoms with Crippen LogP contribution in [0.3, 0.4) is 0 Å². The van der Waals surface area contributed by atoms with Crippen LogP contribution in [0, 0.1) is 33.5 Å². The molecule has 0 N–H and O–H groups in total. The Morgan fingerprint density at radius 3 is 1.09 bits per heavy atom. The zero-order chi connectivity index (χ0) is 17.2. The van der Waals surface area contributed by atoms with Crippen LogP contribution in [0.2, 0.25) is 0 Å². The lowest BCUT2D eigenvalue weighted by atomic mass is 9.75. The maximum Gasteiger partial charge on any atom is 0.0891 e. The summed E-state index contributed by atoms with van der Waals surface area (Å²) in [4.78, 5) is 0. The monoisotopic (exact) mass is 304 g/mol. The second-order valence-corrected chi connectivity index (χ2v) is 6.03. The van der Waals surface area contributed by atoms with Crippen molar-refractivity contribution < 1.29 is 0 Å². The number of nitriles is 2. The standard InChI is InChI=1S/C18H32N4/c1-7-15(17(9-3,10-4)13-19)21-22-16(8-2)18(11-5,12-6)14-20/h15-16H,7-12H2,1-6H3. The van der Waals surface area contributed by atoms with E-state index in [4.69, 9.17) is 0 Å². The minimum atomic E-state index is -0.440. The largest absolute Gasteiger partial charge is 0.198 e. The molecule has 0 spiro atoms. The lowest BCUT2D eigenvalue weighted by Gasteiger charge is -2.32. The second-order valence-electron chi connectivity index (χ2n) is 6.03. The van der Waals surface area contributed by atoms with E-state index in [-0.39, 0.29) is 12.1 Å². The van der Waals surface area contributed by atoms with E-state index >= 15 is 0 Å². The number of hydrogen-bond donors (Lipinski definition) is 0. The maximum atomic E-state index is 9.59. The minimum absolute atomic E-state index is 0.0911. The Bertz CT molecular complexity index is 379. The second kappa shape index (κ2) is 9.57. The molecule has 22 heavy (non-hydrogen) atoms. The molecule has 0 aliphatic carbocycles. The van der Waals surface area contributed by atoms with Gasteiger partial charge in [-0.1, -0.05) is 41.5 Å². The Kier molecular flexibility index (Phi) is 8.95. The van der Waals surface area contributed by atoms with Crippen molar-refractivity contribution in [3.8, 4) is 12.1 Å². The van der Waals surface area contributed by atoms with E-state index in [0.29, 0.717) is 0 Å². The number of hydrogen-bond acceptors (Lipinski definition) is 4. The van der Waals surface area contributed by atoms with Gasteiger partial charge in [-0.3, -0.25) is 0 Å². The van der Waals surface area contributed by atoms with E-state index in [1.54, 1.807) is 0 Å². The average Bonchev–Trinajstić information content (AvgIpc) is 2.58. The molecule has 0 aromatic rings. The molecule has 0 saturated carbocycles. The Labute approximate surface area is 136 Å². The highest BCUT2D eigenvalue weighted by atomic mass is 15.2. The molecule has 0 radical (unpaired) electrons. The van der Waals surface area contributed by atoms with Gasteiger partial charge in [0.15, 0.2) is 0 Å². The van der Waals surface area contributed by atoms with Gasteiger partial charge in [-0.2, -0.15) is 20.8 Å². The summed E-state index contributed by atoms with van der Waals surface area (Å²) < 4.78 is 0. The molecule has 0 aliphatic rings. The maximum absolute atomic E-state index is 9.59. The molecule has 2 unspecified atom stereocenters. The molecule has 2 atom stereocenters. The van der Waals surface area contributed by atoms with Crippen molar-refractivity contribution in [2.24, 2.45) is 21.1 Å². The van der Waals surface area contributed by atoms with Crippen LogP contribution in [0.25, 0.3) is 0 Å². The molecule has 0 fully saturated rings. The van der Waals surface area contributed by atoms with Crippen molar-refractivity contribution in [3.63, 3.8) is 0 Å². The molecule has 124 valence electrons. The van der Waals surface area contributed by atoms with Gasteiger partial charge in [0.25, 0.3) is 0 Å². The first-order chi connectivity index (χ1) is 10.5. The van der Waals surface area contributed by atoms with Gasteiger partial charge in [0, 0.05) is 0 Å². The molecular formula is C18H32N4. The third-order valence-electron chi connectivity index (χ3n) is 5.36. The summed E-state index contributed by atoms with van der Waals surface area (Å²) in [6, 6.07) is 4.76. The van der Waals surface area contributed by atoms with Crippen LogP contribution in [0.4, 0.5) is 0 Å². The predicted molar refractivity (Wildman–Crippen MR) is 90.3 cm³/mol. The van der Waals surface area contributed by atoms with Crippen molar-refractivity contribution in [2.75, 3.05) is 0 Å². The summed E-state index contributed by atoms with van der Waals surface area (Å²) in [5.41, 5.74) is -0.880. The van der Waals surface area contributed by atoms with Gasteiger partial charge in [-0.05, 0) is 38.5 Å². The van der Waals surface area contributed by atoms with Crippen LogP contribution < -0.4 is 0 Å². The van der Waals surface area contributed by atoms with Crippen LogP contribution in [0.5, 0.6) is 0 Å². The van der Waals surface area contributed by atoms with Gasteiger partial charge in [-0.15, -0.1) is 0 Å². The van der Waals surface area contributed by atoms with Crippen LogP contribution >= 0.6 is 0 Å². The molecule has 0 aromatic carbocycles. The van der Waals surface area contributed by atoms with Crippen molar-refractivity contribution in [2.45, 2.75) is 92.2 Å². The van der Waals surface area contributed by atoms with Gasteiger partial charge in [-0.25, -0.2) is 0 Å². The fourth-order valence-corrected chi connectivity index (χ4v) is 3.23. The normalized spacial score (nSPS) is 15.3. The summed E-state index contributed by atoms with van der Waals surface area (Å²) >= 11 is 0. The van der Waals surface area contributed by atoms with E-state index in [1.165, 1.54) is 0 Å². The highest BCUT2D eigenvalue weighted by Crippen LogP contribution is 2.37. The Morgan fingerprint density at radius 1 is 0.682 bits per heavy atom. The van der Waals surface area contributed by atoms with E-state index < -0.39 is 10.8 Å². The molecule has 0 amide bonds. The first-order valence-corrected chi connectivity index (χ1v) is 8.71. The molecule has 4 nitrogen and oxygen atoms in total. The lowest BCUT2D eigenvalue weighted by Crippen LogP contribution is -2.33. The fraction of sp³-hybridized carbons (Fsp3) is 0.889. The summed E-state index contributed by atoms with van der Waals surface area (Å²) in [7, 11) is 0. The number of azo groups is 1. The van der Waals surface area contributed by atoms with E-state index in [2.05, 4.69) is 36.2 Å². The molecule has 4 heteroatoms. The summed E-state index contributed by atoms with van der Waals surface area (Å²) in [6.07, 6.45) is 4.71. The summed E-state index contributed by atoms with van der Waals surface area (Å²) in [5.74, 6) is 0. The number of nitrogens with zero attached hydrogens (tertiary/aromatic N) is 4. The summed E-state index contributed by atoms with van der Waals surface area (Å²) in [6.45, 7) is 12.3. The van der Waals surface area contributed by atoms with E-state index in [9.17, 15) is 10.5 Å². The Balaban J connectivity index is 5.51. The quantitative estimate of drug-likeness (QED) is 0.489. The molecule has 0 aliphatic heterocycles. The van der Waals surface area contributed by atoms with E-state index in [0.717, 1.165) is 38.5 Å². The van der Waals surface area contributed by atoms with Gasteiger partial charge in [0.05, 0.1) is 35.1 Å². The van der Waals surface area contributed by atoms with Crippen molar-refractivity contribution in [3.05, 3.63) is 0 Å². The predicted octanol–water partition coefficient (Wildman–Crippen LogP) is 5.66. The third-order valence-corrected chi connectivity index (χ3v) is 5.36. The Hall–Kier alpha value is -1.42. The van der Waals surface area contributed by atoms with Crippen LogP contribution in [0.15, 0.2) is 10.2 Å².